The van der Waals surface area contributed by atoms with E-state index in [0.29, 0.717) is 23.6 Å². The van der Waals surface area contributed by atoms with Gasteiger partial charge in [-0.05, 0) is 42.7 Å². The third kappa shape index (κ3) is 3.55. The number of carbonyl (C=O) groups is 1. The SMILES string of the molecule is CCN(CC)C(CNC(=O)c1ccc2c(c1)OCO2)c1cccs1. The maximum absolute atomic E-state index is 12.5. The molecule has 1 amide bonds. The molecule has 0 saturated heterocycles. The third-order valence-corrected chi connectivity index (χ3v) is 5.19. The fraction of sp³-hybridized carbons (Fsp3) is 0.389. The average Bonchev–Trinajstić information content (AvgIpc) is 3.28. The van der Waals surface area contributed by atoms with Crippen molar-refractivity contribution in [2.24, 2.45) is 0 Å². The summed E-state index contributed by atoms with van der Waals surface area (Å²) in [6.45, 7) is 6.96. The molecule has 1 atom stereocenters. The van der Waals surface area contributed by atoms with Crippen LogP contribution in [-0.2, 0) is 0 Å². The van der Waals surface area contributed by atoms with Crippen LogP contribution >= 0.6 is 11.3 Å². The molecule has 1 aromatic carbocycles. The number of benzene rings is 1. The number of nitrogens with one attached hydrogen (secondary N) is 1. The second kappa shape index (κ2) is 7.68. The first-order chi connectivity index (χ1) is 11.7. The van der Waals surface area contributed by atoms with Crippen LogP contribution in [0.4, 0.5) is 0 Å². The lowest BCUT2D eigenvalue weighted by atomic mass is 10.1. The van der Waals surface area contributed by atoms with Crippen LogP contribution in [-0.4, -0.2) is 37.2 Å². The monoisotopic (exact) mass is 346 g/mol. The van der Waals surface area contributed by atoms with E-state index in [9.17, 15) is 4.79 Å². The fourth-order valence-electron chi connectivity index (χ4n) is 2.88. The molecule has 1 aromatic heterocycles. The van der Waals surface area contributed by atoms with Crippen molar-refractivity contribution >= 4 is 17.2 Å². The van der Waals surface area contributed by atoms with E-state index in [1.165, 1.54) is 4.88 Å². The lowest BCUT2D eigenvalue weighted by Gasteiger charge is -2.29. The molecule has 5 nitrogen and oxygen atoms in total. The zero-order valence-electron chi connectivity index (χ0n) is 14.0. The third-order valence-electron chi connectivity index (χ3n) is 4.22. The Morgan fingerprint density at radius 2 is 2.04 bits per heavy atom. The Balaban J connectivity index is 1.69. The number of carbonyl (C=O) groups excluding carboxylic acids is 1. The Bertz CT molecular complexity index is 684. The number of hydrogen-bond donors (Lipinski definition) is 1. The lowest BCUT2D eigenvalue weighted by Crippen LogP contribution is -2.37. The fourth-order valence-corrected chi connectivity index (χ4v) is 3.74. The first-order valence-electron chi connectivity index (χ1n) is 8.18. The molecule has 0 saturated carbocycles. The number of thiophene rings is 1. The Labute approximate surface area is 146 Å². The molecule has 0 radical (unpaired) electrons. The molecule has 3 rings (SSSR count). The van der Waals surface area contributed by atoms with Gasteiger partial charge in [0.2, 0.25) is 6.79 Å². The molecule has 2 aromatic rings. The van der Waals surface area contributed by atoms with E-state index in [0.717, 1.165) is 13.1 Å². The van der Waals surface area contributed by atoms with Crippen LogP contribution in [0, 0.1) is 0 Å². The van der Waals surface area contributed by atoms with Crippen LogP contribution in [0.25, 0.3) is 0 Å². The van der Waals surface area contributed by atoms with Gasteiger partial charge in [0.25, 0.3) is 5.91 Å². The summed E-state index contributed by atoms with van der Waals surface area (Å²) in [4.78, 5) is 16.1. The minimum Gasteiger partial charge on any atom is -0.454 e. The molecule has 1 aliphatic rings. The van der Waals surface area contributed by atoms with Crippen molar-refractivity contribution in [2.75, 3.05) is 26.4 Å². The highest BCUT2D eigenvalue weighted by atomic mass is 32.1. The summed E-state index contributed by atoms with van der Waals surface area (Å²) < 4.78 is 10.6. The first-order valence-corrected chi connectivity index (χ1v) is 9.06. The highest BCUT2D eigenvalue weighted by molar-refractivity contribution is 7.10. The number of nitrogens with zero attached hydrogens (tertiary/aromatic N) is 1. The van der Waals surface area contributed by atoms with Gasteiger partial charge in [0.1, 0.15) is 0 Å². The van der Waals surface area contributed by atoms with Gasteiger partial charge < -0.3 is 14.8 Å². The van der Waals surface area contributed by atoms with E-state index < -0.39 is 0 Å². The van der Waals surface area contributed by atoms with Gasteiger partial charge in [-0.3, -0.25) is 9.69 Å². The molecule has 0 spiro atoms. The average molecular weight is 346 g/mol. The molecule has 6 heteroatoms. The maximum atomic E-state index is 12.5. The van der Waals surface area contributed by atoms with Gasteiger partial charge in [-0.15, -0.1) is 11.3 Å². The number of rotatable bonds is 7. The molecule has 0 fully saturated rings. The second-order valence-corrected chi connectivity index (χ2v) is 6.51. The zero-order chi connectivity index (χ0) is 16.9. The topological polar surface area (TPSA) is 50.8 Å². The minimum absolute atomic E-state index is 0.0954. The predicted octanol–water partition coefficient (Wildman–Crippen LogP) is 3.29. The molecule has 1 unspecified atom stereocenters. The van der Waals surface area contributed by atoms with Crippen LogP contribution < -0.4 is 14.8 Å². The highest BCUT2D eigenvalue weighted by Crippen LogP contribution is 2.32. The Morgan fingerprint density at radius 1 is 1.25 bits per heavy atom. The Kier molecular flexibility index (Phi) is 5.37. The molecule has 2 heterocycles. The predicted molar refractivity (Wildman–Crippen MR) is 94.9 cm³/mol. The van der Waals surface area contributed by atoms with Crippen LogP contribution in [0.15, 0.2) is 35.7 Å². The van der Waals surface area contributed by atoms with Crippen LogP contribution in [0.5, 0.6) is 11.5 Å². The summed E-state index contributed by atoms with van der Waals surface area (Å²) in [5.74, 6) is 1.22. The van der Waals surface area contributed by atoms with Gasteiger partial charge in [-0.2, -0.15) is 0 Å². The van der Waals surface area contributed by atoms with Gasteiger partial charge in [-0.25, -0.2) is 0 Å². The molecule has 1 aliphatic heterocycles. The normalized spacial score (nSPS) is 14.0. The minimum atomic E-state index is -0.0954. The number of fused-ring (bicyclic) bond motifs is 1. The van der Waals surface area contributed by atoms with Gasteiger partial charge in [0.15, 0.2) is 11.5 Å². The van der Waals surface area contributed by atoms with Gasteiger partial charge in [-0.1, -0.05) is 19.9 Å². The van der Waals surface area contributed by atoms with Gasteiger partial charge in [0, 0.05) is 17.0 Å². The zero-order valence-corrected chi connectivity index (χ0v) is 14.8. The van der Waals surface area contributed by atoms with E-state index in [1.54, 1.807) is 29.5 Å². The largest absolute Gasteiger partial charge is 0.454 e. The Morgan fingerprint density at radius 3 is 2.75 bits per heavy atom. The molecule has 24 heavy (non-hydrogen) atoms. The molecule has 1 N–H and O–H groups in total. The summed E-state index contributed by atoms with van der Waals surface area (Å²) in [5, 5.41) is 5.13. The van der Waals surface area contributed by atoms with Gasteiger partial charge >= 0.3 is 0 Å². The van der Waals surface area contributed by atoms with Crippen molar-refractivity contribution in [1.82, 2.24) is 10.2 Å². The highest BCUT2D eigenvalue weighted by Gasteiger charge is 2.21. The van der Waals surface area contributed by atoms with Crippen molar-refractivity contribution in [3.63, 3.8) is 0 Å². The smallest absolute Gasteiger partial charge is 0.251 e. The Hall–Kier alpha value is -2.05. The summed E-state index contributed by atoms with van der Waals surface area (Å²) >= 11 is 1.72. The van der Waals surface area contributed by atoms with Crippen LogP contribution in [0.1, 0.15) is 35.1 Å². The quantitative estimate of drug-likeness (QED) is 0.836. The molecular formula is C18H22N2O3S. The summed E-state index contributed by atoms with van der Waals surface area (Å²) in [6, 6.07) is 9.64. The molecule has 0 bridgehead atoms. The maximum Gasteiger partial charge on any atom is 0.251 e. The summed E-state index contributed by atoms with van der Waals surface area (Å²) in [7, 11) is 0. The lowest BCUT2D eigenvalue weighted by molar-refractivity contribution is 0.0935. The van der Waals surface area contributed by atoms with E-state index in [4.69, 9.17) is 9.47 Å². The van der Waals surface area contributed by atoms with E-state index >= 15 is 0 Å². The molecule has 0 aliphatic carbocycles. The summed E-state index contributed by atoms with van der Waals surface area (Å²) in [5.41, 5.74) is 0.587. The molecular weight excluding hydrogens is 324 g/mol. The van der Waals surface area contributed by atoms with Crippen molar-refractivity contribution in [1.29, 1.82) is 0 Å². The van der Waals surface area contributed by atoms with Gasteiger partial charge in [0.05, 0.1) is 6.04 Å². The number of likely N-dealkylation sites (N-methyl/N-ethyl adjacent to an activating group) is 1. The van der Waals surface area contributed by atoms with Crippen LogP contribution in [0.3, 0.4) is 0 Å². The summed E-state index contributed by atoms with van der Waals surface area (Å²) in [6.07, 6.45) is 0. The second-order valence-electron chi connectivity index (χ2n) is 5.53. The van der Waals surface area contributed by atoms with Crippen molar-refractivity contribution in [3.8, 4) is 11.5 Å². The number of ether oxygens (including phenoxy) is 2. The molecule has 128 valence electrons. The van der Waals surface area contributed by atoms with E-state index in [2.05, 4.69) is 41.6 Å². The van der Waals surface area contributed by atoms with Crippen molar-refractivity contribution in [2.45, 2.75) is 19.9 Å². The van der Waals surface area contributed by atoms with Crippen molar-refractivity contribution < 1.29 is 14.3 Å². The van der Waals surface area contributed by atoms with Crippen molar-refractivity contribution in [3.05, 3.63) is 46.2 Å². The number of amides is 1. The van der Waals surface area contributed by atoms with E-state index in [-0.39, 0.29) is 18.7 Å². The number of hydrogen-bond acceptors (Lipinski definition) is 5. The standard InChI is InChI=1S/C18H22N2O3S/c1-3-20(4-2)14(17-6-5-9-24-17)11-19-18(21)13-7-8-15-16(10-13)23-12-22-15/h5-10,14H,3-4,11-12H2,1-2H3,(H,19,21). The first kappa shape index (κ1) is 16.8. The van der Waals surface area contributed by atoms with E-state index in [1.807, 2.05) is 0 Å². The van der Waals surface area contributed by atoms with Crippen LogP contribution in [0.2, 0.25) is 0 Å².